The SMILES string of the molecule is N#Cc1cccnc1N1CCN(C(=O)c2ccc(Cn3ccnc3)cc2)CC1. The highest BCUT2D eigenvalue weighted by Crippen LogP contribution is 2.19. The summed E-state index contributed by atoms with van der Waals surface area (Å²) in [4.78, 5) is 25.1. The van der Waals surface area contributed by atoms with Crippen LogP contribution in [0.1, 0.15) is 21.5 Å². The number of aromatic nitrogens is 3. The smallest absolute Gasteiger partial charge is 0.253 e. The lowest BCUT2D eigenvalue weighted by atomic mass is 10.1. The van der Waals surface area contributed by atoms with Crippen molar-refractivity contribution in [1.29, 1.82) is 5.26 Å². The summed E-state index contributed by atoms with van der Waals surface area (Å²) in [6, 6.07) is 13.4. The van der Waals surface area contributed by atoms with Crippen molar-refractivity contribution in [3.8, 4) is 6.07 Å². The van der Waals surface area contributed by atoms with Crippen LogP contribution in [0.3, 0.4) is 0 Å². The van der Waals surface area contributed by atoms with Gasteiger partial charge < -0.3 is 14.4 Å². The molecule has 0 spiro atoms. The third kappa shape index (κ3) is 3.71. The van der Waals surface area contributed by atoms with E-state index in [9.17, 15) is 10.1 Å². The van der Waals surface area contributed by atoms with Gasteiger partial charge in [0.05, 0.1) is 11.9 Å². The summed E-state index contributed by atoms with van der Waals surface area (Å²) in [5, 5.41) is 9.25. The van der Waals surface area contributed by atoms with E-state index in [-0.39, 0.29) is 5.91 Å². The van der Waals surface area contributed by atoms with Crippen molar-refractivity contribution in [2.24, 2.45) is 0 Å². The molecule has 1 aliphatic heterocycles. The molecule has 0 unspecified atom stereocenters. The highest BCUT2D eigenvalue weighted by molar-refractivity contribution is 5.94. The number of anilines is 1. The van der Waals surface area contributed by atoms with Gasteiger partial charge in [-0.2, -0.15) is 5.26 Å². The van der Waals surface area contributed by atoms with E-state index >= 15 is 0 Å². The van der Waals surface area contributed by atoms with Crippen molar-refractivity contribution in [1.82, 2.24) is 19.4 Å². The van der Waals surface area contributed by atoms with Crippen LogP contribution in [0.25, 0.3) is 0 Å². The number of pyridine rings is 1. The fourth-order valence-electron chi connectivity index (χ4n) is 3.38. The molecule has 4 rings (SSSR count). The van der Waals surface area contributed by atoms with Crippen molar-refractivity contribution in [2.75, 3.05) is 31.1 Å². The number of nitrogens with zero attached hydrogens (tertiary/aromatic N) is 6. The van der Waals surface area contributed by atoms with Gasteiger partial charge in [0.15, 0.2) is 0 Å². The van der Waals surface area contributed by atoms with Crippen molar-refractivity contribution < 1.29 is 4.79 Å². The molecule has 140 valence electrons. The molecule has 0 atom stereocenters. The van der Waals surface area contributed by atoms with E-state index in [1.54, 1.807) is 30.9 Å². The first-order valence-electron chi connectivity index (χ1n) is 9.18. The normalized spacial score (nSPS) is 14.0. The maximum atomic E-state index is 12.8. The Hall–Kier alpha value is -3.66. The largest absolute Gasteiger partial charge is 0.352 e. The molecule has 0 bridgehead atoms. The van der Waals surface area contributed by atoms with Crippen LogP contribution in [0.15, 0.2) is 61.3 Å². The Morgan fingerprint density at radius 2 is 1.86 bits per heavy atom. The summed E-state index contributed by atoms with van der Waals surface area (Å²) in [5.41, 5.74) is 2.38. The summed E-state index contributed by atoms with van der Waals surface area (Å²) in [5.74, 6) is 0.733. The molecule has 1 aromatic carbocycles. The zero-order valence-corrected chi connectivity index (χ0v) is 15.4. The molecule has 28 heavy (non-hydrogen) atoms. The van der Waals surface area contributed by atoms with Crippen molar-refractivity contribution in [3.63, 3.8) is 0 Å². The molecule has 3 heterocycles. The Labute approximate surface area is 163 Å². The van der Waals surface area contributed by atoms with Crippen LogP contribution >= 0.6 is 0 Å². The van der Waals surface area contributed by atoms with E-state index in [1.165, 1.54) is 0 Å². The molecule has 0 N–H and O–H groups in total. The fourth-order valence-corrected chi connectivity index (χ4v) is 3.38. The van der Waals surface area contributed by atoms with Gasteiger partial charge in [0.2, 0.25) is 0 Å². The number of imidazole rings is 1. The number of rotatable bonds is 4. The molecule has 1 fully saturated rings. The number of hydrogen-bond acceptors (Lipinski definition) is 5. The molecule has 0 aliphatic carbocycles. The summed E-state index contributed by atoms with van der Waals surface area (Å²) in [6.45, 7) is 3.28. The van der Waals surface area contributed by atoms with Crippen LogP contribution in [0.4, 0.5) is 5.82 Å². The number of amides is 1. The number of piperazine rings is 1. The summed E-state index contributed by atoms with van der Waals surface area (Å²) >= 11 is 0. The lowest BCUT2D eigenvalue weighted by Gasteiger charge is -2.35. The number of carbonyl (C=O) groups is 1. The predicted molar refractivity (Wildman–Crippen MR) is 105 cm³/mol. The molecule has 0 saturated carbocycles. The van der Waals surface area contributed by atoms with Crippen LogP contribution in [-0.2, 0) is 6.54 Å². The lowest BCUT2D eigenvalue weighted by molar-refractivity contribution is 0.0746. The second kappa shape index (κ2) is 7.92. The second-order valence-electron chi connectivity index (χ2n) is 6.70. The lowest BCUT2D eigenvalue weighted by Crippen LogP contribution is -2.49. The molecule has 1 aliphatic rings. The topological polar surface area (TPSA) is 78.0 Å². The van der Waals surface area contributed by atoms with Gasteiger partial charge in [-0.1, -0.05) is 12.1 Å². The standard InChI is InChI=1S/C21H20N6O/c22-14-19-2-1-7-24-20(19)26-10-12-27(13-11-26)21(28)18-5-3-17(4-6-18)15-25-9-8-23-16-25/h1-9,16H,10-13,15H2. The molecular formula is C21H20N6O. The summed E-state index contributed by atoms with van der Waals surface area (Å²) < 4.78 is 1.99. The number of benzene rings is 1. The first-order valence-corrected chi connectivity index (χ1v) is 9.18. The van der Waals surface area contributed by atoms with Crippen molar-refractivity contribution >= 4 is 11.7 Å². The van der Waals surface area contributed by atoms with Gasteiger partial charge >= 0.3 is 0 Å². The monoisotopic (exact) mass is 372 g/mol. The van der Waals surface area contributed by atoms with Crippen LogP contribution in [0.2, 0.25) is 0 Å². The Morgan fingerprint density at radius 1 is 1.07 bits per heavy atom. The highest BCUT2D eigenvalue weighted by Gasteiger charge is 2.24. The van der Waals surface area contributed by atoms with Crippen molar-refractivity contribution in [2.45, 2.75) is 6.54 Å². The molecule has 1 amide bonds. The first kappa shape index (κ1) is 17.7. The van der Waals surface area contributed by atoms with Gasteiger partial charge in [0, 0.05) is 56.9 Å². The molecule has 2 aromatic heterocycles. The van der Waals surface area contributed by atoms with Gasteiger partial charge in [0.25, 0.3) is 5.91 Å². The van der Waals surface area contributed by atoms with Crippen molar-refractivity contribution in [3.05, 3.63) is 78.0 Å². The molecule has 0 radical (unpaired) electrons. The van der Waals surface area contributed by atoms with E-state index in [0.29, 0.717) is 43.1 Å². The average Bonchev–Trinajstić information content (AvgIpc) is 3.27. The zero-order valence-electron chi connectivity index (χ0n) is 15.4. The van der Waals surface area contributed by atoms with Gasteiger partial charge in [-0.15, -0.1) is 0 Å². The molecule has 1 saturated heterocycles. The molecule has 7 heteroatoms. The molecular weight excluding hydrogens is 352 g/mol. The minimum absolute atomic E-state index is 0.0374. The Balaban J connectivity index is 1.38. The number of hydrogen-bond donors (Lipinski definition) is 0. The van der Waals surface area contributed by atoms with Gasteiger partial charge in [0.1, 0.15) is 11.9 Å². The average molecular weight is 372 g/mol. The van der Waals surface area contributed by atoms with E-state index in [2.05, 4.69) is 20.9 Å². The first-order chi connectivity index (χ1) is 13.7. The number of nitriles is 1. The minimum Gasteiger partial charge on any atom is -0.352 e. The zero-order chi connectivity index (χ0) is 19.3. The van der Waals surface area contributed by atoms with E-state index in [0.717, 1.165) is 12.1 Å². The summed E-state index contributed by atoms with van der Waals surface area (Å²) in [7, 11) is 0. The second-order valence-corrected chi connectivity index (χ2v) is 6.70. The van der Waals surface area contributed by atoms with Gasteiger partial charge in [-0.25, -0.2) is 9.97 Å². The molecule has 7 nitrogen and oxygen atoms in total. The third-order valence-electron chi connectivity index (χ3n) is 4.90. The quantitative estimate of drug-likeness (QED) is 0.701. The number of carbonyl (C=O) groups excluding carboxylic acids is 1. The van der Waals surface area contributed by atoms with E-state index in [1.807, 2.05) is 39.9 Å². The highest BCUT2D eigenvalue weighted by atomic mass is 16.2. The van der Waals surface area contributed by atoms with Crippen LogP contribution in [0, 0.1) is 11.3 Å². The van der Waals surface area contributed by atoms with Gasteiger partial charge in [-0.05, 0) is 29.8 Å². The van der Waals surface area contributed by atoms with E-state index < -0.39 is 0 Å². The molecule has 3 aromatic rings. The Morgan fingerprint density at radius 3 is 2.54 bits per heavy atom. The van der Waals surface area contributed by atoms with Gasteiger partial charge in [-0.3, -0.25) is 4.79 Å². The Bertz CT molecular complexity index is 982. The van der Waals surface area contributed by atoms with Crippen LogP contribution in [-0.4, -0.2) is 51.5 Å². The van der Waals surface area contributed by atoms with E-state index in [4.69, 9.17) is 0 Å². The Kier molecular flexibility index (Phi) is 5.02. The predicted octanol–water partition coefficient (Wildman–Crippen LogP) is 2.16. The van der Waals surface area contributed by atoms with Crippen LogP contribution in [0.5, 0.6) is 0 Å². The maximum absolute atomic E-state index is 12.8. The minimum atomic E-state index is 0.0374. The van der Waals surface area contributed by atoms with Crippen LogP contribution < -0.4 is 4.90 Å². The third-order valence-corrected chi connectivity index (χ3v) is 4.90. The summed E-state index contributed by atoms with van der Waals surface area (Å²) in [6.07, 6.45) is 7.14. The fraction of sp³-hybridized carbons (Fsp3) is 0.238. The maximum Gasteiger partial charge on any atom is 0.253 e.